The van der Waals surface area contributed by atoms with Crippen LogP contribution in [0, 0.1) is 0 Å². The summed E-state index contributed by atoms with van der Waals surface area (Å²) < 4.78 is 10.1. The maximum atomic E-state index is 11.6. The normalized spacial score (nSPS) is 14.5. The van der Waals surface area contributed by atoms with Gasteiger partial charge >= 0.3 is 12.1 Å². The molecule has 0 radical (unpaired) electrons. The largest absolute Gasteiger partial charge is 0.428 e. The van der Waals surface area contributed by atoms with Crippen LogP contribution in [0.5, 0.6) is 0 Å². The Bertz CT molecular complexity index is 446. The summed E-state index contributed by atoms with van der Waals surface area (Å²) in [5.74, 6) is 0. The zero-order valence-electron chi connectivity index (χ0n) is 11.0. The number of ether oxygens (including phenoxy) is 2. The standard InChI is InChI=1S/C13H17N3O4/c17-12(15-11-4-2-1-3-5-11)14-10-20-13(18)16-6-8-19-9-7-16/h1-5H,6-10H2,(H2,14,15,17). The topological polar surface area (TPSA) is 79.9 Å². The number of amides is 3. The number of carbonyl (C=O) groups excluding carboxylic acids is 2. The minimum Gasteiger partial charge on any atom is -0.428 e. The van der Waals surface area contributed by atoms with Gasteiger partial charge in [-0.1, -0.05) is 18.2 Å². The zero-order valence-corrected chi connectivity index (χ0v) is 11.0. The van der Waals surface area contributed by atoms with Crippen LogP contribution < -0.4 is 10.6 Å². The lowest BCUT2D eigenvalue weighted by molar-refractivity contribution is 0.0261. The molecule has 0 aliphatic carbocycles. The van der Waals surface area contributed by atoms with Gasteiger partial charge in [0.25, 0.3) is 0 Å². The average molecular weight is 279 g/mol. The summed E-state index contributed by atoms with van der Waals surface area (Å²) in [7, 11) is 0. The molecule has 1 aliphatic rings. The fraction of sp³-hybridized carbons (Fsp3) is 0.385. The summed E-state index contributed by atoms with van der Waals surface area (Å²) in [5.41, 5.74) is 0.671. The highest BCUT2D eigenvalue weighted by Gasteiger charge is 2.17. The minimum atomic E-state index is -0.451. The molecule has 3 amide bonds. The van der Waals surface area contributed by atoms with Crippen LogP contribution in [0.4, 0.5) is 15.3 Å². The second-order valence-corrected chi connectivity index (χ2v) is 4.15. The van der Waals surface area contributed by atoms with Gasteiger partial charge in [-0.25, -0.2) is 9.59 Å². The molecule has 0 unspecified atom stereocenters. The predicted octanol–water partition coefficient (Wildman–Crippen LogP) is 1.23. The molecule has 108 valence electrons. The molecule has 0 saturated carbocycles. The van der Waals surface area contributed by atoms with Crippen molar-refractivity contribution in [1.29, 1.82) is 0 Å². The number of nitrogens with zero attached hydrogens (tertiary/aromatic N) is 1. The number of hydrogen-bond donors (Lipinski definition) is 2. The first-order valence-electron chi connectivity index (χ1n) is 6.35. The van der Waals surface area contributed by atoms with Crippen molar-refractivity contribution in [2.75, 3.05) is 38.4 Å². The number of rotatable bonds is 3. The van der Waals surface area contributed by atoms with Gasteiger partial charge in [0, 0.05) is 18.8 Å². The highest BCUT2D eigenvalue weighted by atomic mass is 16.6. The summed E-state index contributed by atoms with van der Waals surface area (Å²) in [5, 5.41) is 5.07. The number of anilines is 1. The molecular weight excluding hydrogens is 262 g/mol. The second-order valence-electron chi connectivity index (χ2n) is 4.15. The molecule has 20 heavy (non-hydrogen) atoms. The lowest BCUT2D eigenvalue weighted by Gasteiger charge is -2.25. The van der Waals surface area contributed by atoms with Crippen LogP contribution in [0.15, 0.2) is 30.3 Å². The summed E-state index contributed by atoms with van der Waals surface area (Å²) in [6, 6.07) is 8.58. The minimum absolute atomic E-state index is 0.172. The van der Waals surface area contributed by atoms with E-state index in [0.29, 0.717) is 32.0 Å². The quantitative estimate of drug-likeness (QED) is 0.816. The molecule has 0 bridgehead atoms. The smallest absolute Gasteiger partial charge is 0.411 e. The van der Waals surface area contributed by atoms with Crippen LogP contribution in [0.25, 0.3) is 0 Å². The van der Waals surface area contributed by atoms with E-state index < -0.39 is 12.1 Å². The van der Waals surface area contributed by atoms with Crippen LogP contribution in [0.3, 0.4) is 0 Å². The molecule has 1 saturated heterocycles. The van der Waals surface area contributed by atoms with Crippen molar-refractivity contribution in [1.82, 2.24) is 10.2 Å². The molecule has 1 heterocycles. The van der Waals surface area contributed by atoms with Gasteiger partial charge in [0.1, 0.15) is 0 Å². The third-order valence-electron chi connectivity index (χ3n) is 2.73. The number of morpholine rings is 1. The van der Waals surface area contributed by atoms with Gasteiger partial charge in [-0.3, -0.25) is 0 Å². The Kier molecular flexibility index (Phi) is 5.19. The fourth-order valence-corrected chi connectivity index (χ4v) is 1.70. The number of benzene rings is 1. The van der Waals surface area contributed by atoms with Gasteiger partial charge in [0.2, 0.25) is 0 Å². The van der Waals surface area contributed by atoms with Crippen molar-refractivity contribution in [3.8, 4) is 0 Å². The van der Waals surface area contributed by atoms with Crippen molar-refractivity contribution in [2.45, 2.75) is 0 Å². The van der Waals surface area contributed by atoms with E-state index in [2.05, 4.69) is 10.6 Å². The summed E-state index contributed by atoms with van der Waals surface area (Å²) >= 11 is 0. The van der Waals surface area contributed by atoms with Gasteiger partial charge in [-0.05, 0) is 12.1 Å². The molecule has 1 fully saturated rings. The number of nitrogens with one attached hydrogen (secondary N) is 2. The molecule has 0 spiro atoms. The maximum absolute atomic E-state index is 11.6. The summed E-state index contributed by atoms with van der Waals surface area (Å²) in [6.45, 7) is 1.87. The van der Waals surface area contributed by atoms with Crippen molar-refractivity contribution in [3.63, 3.8) is 0 Å². The van der Waals surface area contributed by atoms with E-state index in [-0.39, 0.29) is 6.73 Å². The van der Waals surface area contributed by atoms with Gasteiger partial charge < -0.3 is 25.0 Å². The Morgan fingerprint density at radius 3 is 2.60 bits per heavy atom. The molecule has 1 aromatic rings. The van der Waals surface area contributed by atoms with E-state index in [0.717, 1.165) is 0 Å². The zero-order chi connectivity index (χ0) is 14.2. The third kappa shape index (κ3) is 4.43. The first kappa shape index (κ1) is 14.1. The molecular formula is C13H17N3O4. The third-order valence-corrected chi connectivity index (χ3v) is 2.73. The first-order chi connectivity index (χ1) is 9.75. The molecule has 2 rings (SSSR count). The van der Waals surface area contributed by atoms with Crippen molar-refractivity contribution >= 4 is 17.8 Å². The number of carbonyl (C=O) groups is 2. The molecule has 0 atom stereocenters. The summed E-state index contributed by atoms with van der Waals surface area (Å²) in [6.07, 6.45) is -0.451. The average Bonchev–Trinajstić information content (AvgIpc) is 2.49. The first-order valence-corrected chi connectivity index (χ1v) is 6.35. The van der Waals surface area contributed by atoms with Crippen molar-refractivity contribution in [2.24, 2.45) is 0 Å². The number of urea groups is 1. The van der Waals surface area contributed by atoms with E-state index in [4.69, 9.17) is 9.47 Å². The molecule has 7 nitrogen and oxygen atoms in total. The fourth-order valence-electron chi connectivity index (χ4n) is 1.70. The van der Waals surface area contributed by atoms with Gasteiger partial charge in [-0.15, -0.1) is 0 Å². The Labute approximate surface area is 116 Å². The van der Waals surface area contributed by atoms with E-state index in [1.54, 1.807) is 17.0 Å². The Morgan fingerprint density at radius 1 is 1.20 bits per heavy atom. The lowest BCUT2D eigenvalue weighted by Crippen LogP contribution is -2.42. The Balaban J connectivity index is 1.65. The van der Waals surface area contributed by atoms with Gasteiger partial charge in [0.15, 0.2) is 6.73 Å². The van der Waals surface area contributed by atoms with E-state index in [9.17, 15) is 9.59 Å². The van der Waals surface area contributed by atoms with Crippen LogP contribution in [0.2, 0.25) is 0 Å². The molecule has 7 heteroatoms. The van der Waals surface area contributed by atoms with E-state index >= 15 is 0 Å². The highest BCUT2D eigenvalue weighted by molar-refractivity contribution is 5.89. The molecule has 0 aromatic heterocycles. The molecule has 2 N–H and O–H groups in total. The van der Waals surface area contributed by atoms with Crippen LogP contribution in [-0.2, 0) is 9.47 Å². The van der Waals surface area contributed by atoms with Crippen molar-refractivity contribution < 1.29 is 19.1 Å². The van der Waals surface area contributed by atoms with Crippen LogP contribution in [0.1, 0.15) is 0 Å². The Morgan fingerprint density at radius 2 is 1.90 bits per heavy atom. The van der Waals surface area contributed by atoms with Gasteiger partial charge in [0.05, 0.1) is 13.2 Å². The predicted molar refractivity (Wildman–Crippen MR) is 72.3 cm³/mol. The number of para-hydroxylation sites is 1. The lowest BCUT2D eigenvalue weighted by atomic mass is 10.3. The SMILES string of the molecule is O=C(NCOC(=O)N1CCOCC1)Nc1ccccc1. The van der Waals surface area contributed by atoms with Crippen molar-refractivity contribution in [3.05, 3.63) is 30.3 Å². The molecule has 1 aliphatic heterocycles. The monoisotopic (exact) mass is 279 g/mol. The van der Waals surface area contributed by atoms with Gasteiger partial charge in [-0.2, -0.15) is 0 Å². The van der Waals surface area contributed by atoms with Crippen LogP contribution in [-0.4, -0.2) is 50.1 Å². The van der Waals surface area contributed by atoms with E-state index in [1.807, 2.05) is 18.2 Å². The van der Waals surface area contributed by atoms with E-state index in [1.165, 1.54) is 0 Å². The van der Waals surface area contributed by atoms with Crippen LogP contribution >= 0.6 is 0 Å². The second kappa shape index (κ2) is 7.34. The number of hydrogen-bond acceptors (Lipinski definition) is 4. The highest BCUT2D eigenvalue weighted by Crippen LogP contribution is 2.04. The maximum Gasteiger partial charge on any atom is 0.411 e. The Hall–Kier alpha value is -2.28. The molecule has 1 aromatic carbocycles. The summed E-state index contributed by atoms with van der Waals surface area (Å²) in [4.78, 5) is 24.7.